The Balaban J connectivity index is 1.58. The maximum absolute atomic E-state index is 12.4. The van der Waals surface area contributed by atoms with Gasteiger partial charge in [0.05, 0.1) is 32.3 Å². The largest absolute Gasteiger partial charge is 0.493 e. The average Bonchev–Trinajstić information content (AvgIpc) is 3.22. The monoisotopic (exact) mass is 347 g/mol. The first-order valence-corrected chi connectivity index (χ1v) is 8.10. The fourth-order valence-electron chi connectivity index (χ4n) is 3.40. The molecule has 0 aromatic heterocycles. The lowest BCUT2D eigenvalue weighted by atomic mass is 9.82. The van der Waals surface area contributed by atoms with Crippen LogP contribution < -0.4 is 14.8 Å². The smallest absolute Gasteiger partial charge is 0.310 e. The number of aliphatic carboxylic acids is 1. The van der Waals surface area contributed by atoms with E-state index in [2.05, 4.69) is 5.32 Å². The van der Waals surface area contributed by atoms with Crippen molar-refractivity contribution in [3.8, 4) is 11.5 Å². The summed E-state index contributed by atoms with van der Waals surface area (Å²) < 4.78 is 16.0. The second kappa shape index (κ2) is 7.14. The van der Waals surface area contributed by atoms with Gasteiger partial charge in [-0.15, -0.1) is 0 Å². The number of carbonyl (C=O) groups excluding carboxylic acids is 1. The van der Waals surface area contributed by atoms with E-state index in [0.29, 0.717) is 24.5 Å². The maximum Gasteiger partial charge on any atom is 0.310 e. The van der Waals surface area contributed by atoms with Crippen molar-refractivity contribution in [2.75, 3.05) is 20.8 Å². The second-order valence-corrected chi connectivity index (χ2v) is 6.07. The van der Waals surface area contributed by atoms with E-state index < -0.39 is 30.0 Å². The molecule has 0 saturated carbocycles. The number of hydrogen-bond acceptors (Lipinski definition) is 5. The van der Waals surface area contributed by atoms with Crippen LogP contribution in [0.25, 0.3) is 0 Å². The van der Waals surface area contributed by atoms with E-state index in [-0.39, 0.29) is 5.91 Å². The molecular weight excluding hydrogens is 326 g/mol. The van der Waals surface area contributed by atoms with E-state index in [9.17, 15) is 14.7 Å². The summed E-state index contributed by atoms with van der Waals surface area (Å²) >= 11 is 0. The highest BCUT2D eigenvalue weighted by molar-refractivity contribution is 5.87. The molecule has 134 valence electrons. The van der Waals surface area contributed by atoms with Gasteiger partial charge in [-0.2, -0.15) is 0 Å². The Bertz CT molecular complexity index is 701. The molecule has 2 aliphatic rings. The molecule has 7 heteroatoms. The van der Waals surface area contributed by atoms with E-state index in [1.807, 2.05) is 18.2 Å². The Morgan fingerprint density at radius 1 is 1.12 bits per heavy atom. The predicted molar refractivity (Wildman–Crippen MR) is 88.7 cm³/mol. The Kier molecular flexibility index (Phi) is 4.94. The van der Waals surface area contributed by atoms with Crippen LogP contribution in [0.1, 0.15) is 5.56 Å². The molecule has 25 heavy (non-hydrogen) atoms. The zero-order valence-electron chi connectivity index (χ0n) is 14.1. The number of carboxylic acid groups (broad SMARTS) is 1. The van der Waals surface area contributed by atoms with E-state index in [4.69, 9.17) is 14.2 Å². The SMILES string of the molecule is COc1ccc(CCNC(=O)[C@H]2[C@@H](C(=O)O)[C@H]3C=C[C@@H]2O3)cc1OC. The lowest BCUT2D eigenvalue weighted by molar-refractivity contribution is -0.146. The number of carboxylic acids is 1. The van der Waals surface area contributed by atoms with Crippen LogP contribution in [-0.4, -0.2) is 50.0 Å². The van der Waals surface area contributed by atoms with Gasteiger partial charge in [-0.1, -0.05) is 18.2 Å². The molecule has 0 unspecified atom stereocenters. The van der Waals surface area contributed by atoms with Crippen molar-refractivity contribution in [2.24, 2.45) is 11.8 Å². The first-order valence-electron chi connectivity index (χ1n) is 8.10. The van der Waals surface area contributed by atoms with Crippen molar-refractivity contribution in [1.29, 1.82) is 0 Å². The number of ether oxygens (including phenoxy) is 3. The first-order chi connectivity index (χ1) is 12.0. The molecule has 0 radical (unpaired) electrons. The lowest BCUT2D eigenvalue weighted by Gasteiger charge is -2.21. The van der Waals surface area contributed by atoms with Crippen LogP contribution in [0.4, 0.5) is 0 Å². The van der Waals surface area contributed by atoms with Gasteiger partial charge in [-0.3, -0.25) is 9.59 Å². The number of amides is 1. The predicted octanol–water partition coefficient (Wildman–Crippen LogP) is 1.02. The minimum atomic E-state index is -1.00. The maximum atomic E-state index is 12.4. The van der Waals surface area contributed by atoms with Gasteiger partial charge in [0, 0.05) is 6.54 Å². The molecule has 2 bridgehead atoms. The molecule has 0 aliphatic carbocycles. The molecule has 3 rings (SSSR count). The fourth-order valence-corrected chi connectivity index (χ4v) is 3.40. The molecule has 2 aliphatic heterocycles. The molecule has 7 nitrogen and oxygen atoms in total. The normalized spacial score (nSPS) is 26.5. The molecule has 2 N–H and O–H groups in total. The van der Waals surface area contributed by atoms with Crippen LogP contribution in [0.3, 0.4) is 0 Å². The quantitative estimate of drug-likeness (QED) is 0.715. The summed E-state index contributed by atoms with van der Waals surface area (Å²) in [6, 6.07) is 5.57. The van der Waals surface area contributed by atoms with Crippen molar-refractivity contribution in [3.05, 3.63) is 35.9 Å². The first kappa shape index (κ1) is 17.3. The molecule has 1 amide bonds. The molecule has 1 fully saturated rings. The van der Waals surface area contributed by atoms with Gasteiger partial charge in [-0.05, 0) is 24.1 Å². The number of benzene rings is 1. The average molecular weight is 347 g/mol. The number of carbonyl (C=O) groups is 2. The highest BCUT2D eigenvalue weighted by atomic mass is 16.5. The fraction of sp³-hybridized carbons (Fsp3) is 0.444. The van der Waals surface area contributed by atoms with Gasteiger partial charge in [0.25, 0.3) is 0 Å². The van der Waals surface area contributed by atoms with E-state index >= 15 is 0 Å². The molecule has 1 saturated heterocycles. The van der Waals surface area contributed by atoms with Crippen LogP contribution in [0.2, 0.25) is 0 Å². The zero-order valence-corrected chi connectivity index (χ0v) is 14.1. The standard InChI is InChI=1S/C18H21NO6/c1-23-11-4-3-10(9-14(11)24-2)7-8-19-17(20)15-12-5-6-13(25-12)16(15)18(21)22/h3-6,9,12-13,15-16H,7-8H2,1-2H3,(H,19,20)(H,21,22)/t12-,13+,15+,16-/m0/s1. The van der Waals surface area contributed by atoms with Gasteiger partial charge >= 0.3 is 5.97 Å². The minimum Gasteiger partial charge on any atom is -0.493 e. The summed E-state index contributed by atoms with van der Waals surface area (Å²) in [6.45, 7) is 0.401. The summed E-state index contributed by atoms with van der Waals surface area (Å²) in [4.78, 5) is 23.8. The third kappa shape index (κ3) is 3.32. The van der Waals surface area contributed by atoms with Crippen LogP contribution in [0.5, 0.6) is 11.5 Å². The number of fused-ring (bicyclic) bond motifs is 2. The molecular formula is C18H21NO6. The summed E-state index contributed by atoms with van der Waals surface area (Å²) in [5, 5.41) is 12.2. The highest BCUT2D eigenvalue weighted by Gasteiger charge is 2.53. The van der Waals surface area contributed by atoms with Crippen molar-refractivity contribution in [2.45, 2.75) is 18.6 Å². The zero-order chi connectivity index (χ0) is 18.0. The summed E-state index contributed by atoms with van der Waals surface area (Å²) in [5.74, 6) is -1.52. The van der Waals surface area contributed by atoms with Crippen LogP contribution >= 0.6 is 0 Å². The van der Waals surface area contributed by atoms with Crippen LogP contribution in [0.15, 0.2) is 30.4 Å². The van der Waals surface area contributed by atoms with Crippen molar-refractivity contribution < 1.29 is 28.9 Å². The topological polar surface area (TPSA) is 94.1 Å². The summed E-state index contributed by atoms with van der Waals surface area (Å²) in [7, 11) is 3.14. The number of nitrogens with one attached hydrogen (secondary N) is 1. The summed E-state index contributed by atoms with van der Waals surface area (Å²) in [5.41, 5.74) is 0.983. The van der Waals surface area contributed by atoms with Gasteiger partial charge in [0.1, 0.15) is 5.92 Å². The Hall–Kier alpha value is -2.54. The molecule has 1 aromatic carbocycles. The molecule has 1 aromatic rings. The van der Waals surface area contributed by atoms with Crippen molar-refractivity contribution >= 4 is 11.9 Å². The van der Waals surface area contributed by atoms with E-state index in [0.717, 1.165) is 5.56 Å². The van der Waals surface area contributed by atoms with E-state index in [1.165, 1.54) is 0 Å². The Labute approximate surface area is 145 Å². The highest BCUT2D eigenvalue weighted by Crippen LogP contribution is 2.39. The van der Waals surface area contributed by atoms with Gasteiger partial charge in [0.15, 0.2) is 11.5 Å². The van der Waals surface area contributed by atoms with Crippen molar-refractivity contribution in [3.63, 3.8) is 0 Å². The van der Waals surface area contributed by atoms with E-state index in [1.54, 1.807) is 26.4 Å². The number of rotatable bonds is 7. The third-order valence-corrected chi connectivity index (χ3v) is 4.65. The second-order valence-electron chi connectivity index (χ2n) is 6.07. The van der Waals surface area contributed by atoms with Gasteiger partial charge in [-0.25, -0.2) is 0 Å². The van der Waals surface area contributed by atoms with Gasteiger partial charge in [0.2, 0.25) is 5.91 Å². The number of methoxy groups -OCH3 is 2. The molecule has 0 spiro atoms. The van der Waals surface area contributed by atoms with Gasteiger partial charge < -0.3 is 24.6 Å². The Morgan fingerprint density at radius 2 is 1.80 bits per heavy atom. The molecule has 2 heterocycles. The Morgan fingerprint density at radius 3 is 2.44 bits per heavy atom. The van der Waals surface area contributed by atoms with Crippen LogP contribution in [0, 0.1) is 11.8 Å². The van der Waals surface area contributed by atoms with Crippen molar-refractivity contribution in [1.82, 2.24) is 5.32 Å². The third-order valence-electron chi connectivity index (χ3n) is 4.65. The lowest BCUT2D eigenvalue weighted by Crippen LogP contribution is -2.43. The summed E-state index contributed by atoms with van der Waals surface area (Å²) in [6.07, 6.45) is 3.12. The molecule has 4 atom stereocenters. The van der Waals surface area contributed by atoms with Crippen LogP contribution in [-0.2, 0) is 20.7 Å². The minimum absolute atomic E-state index is 0.287. The number of hydrogen-bond donors (Lipinski definition) is 2.